The Bertz CT molecular complexity index is 1180. The molecule has 2 aromatic carbocycles. The van der Waals surface area contributed by atoms with Gasteiger partial charge < -0.3 is 5.32 Å². The van der Waals surface area contributed by atoms with Gasteiger partial charge in [0.2, 0.25) is 10.0 Å². The lowest BCUT2D eigenvalue weighted by Gasteiger charge is -2.34. The maximum atomic E-state index is 13.0. The van der Waals surface area contributed by atoms with Crippen LogP contribution >= 0.6 is 22.9 Å². The second-order valence-corrected chi connectivity index (χ2v) is 11.4. The first-order valence-corrected chi connectivity index (χ1v) is 12.5. The molecule has 1 aliphatic heterocycles. The number of hydrogen-bond donors (Lipinski definition) is 1. The summed E-state index contributed by atoms with van der Waals surface area (Å²) in [5.74, 6) is 0.372. The fourth-order valence-corrected chi connectivity index (χ4v) is 7.10. The molecule has 4 rings (SSSR count). The Balaban J connectivity index is 1.52. The molecule has 2 atom stereocenters. The highest BCUT2D eigenvalue weighted by molar-refractivity contribution is 7.89. The third-order valence-electron chi connectivity index (χ3n) is 5.33. The number of piperidine rings is 1. The summed E-state index contributed by atoms with van der Waals surface area (Å²) in [6.07, 6.45) is 1.04. The van der Waals surface area contributed by atoms with Crippen molar-refractivity contribution in [2.45, 2.75) is 25.2 Å². The first-order chi connectivity index (χ1) is 14.3. The van der Waals surface area contributed by atoms with Crippen LogP contribution in [0.15, 0.2) is 53.4 Å². The molecular weight excluding hydrogens is 440 g/mol. The summed E-state index contributed by atoms with van der Waals surface area (Å²) >= 11 is 7.71. The number of anilines is 1. The molecule has 3 aromatic rings. The Labute approximate surface area is 185 Å². The van der Waals surface area contributed by atoms with E-state index in [0.29, 0.717) is 40.5 Å². The normalized spacial score (nSPS) is 20.4. The molecule has 1 aromatic heterocycles. The lowest BCUT2D eigenvalue weighted by atomic mass is 9.94. The summed E-state index contributed by atoms with van der Waals surface area (Å²) in [5.41, 5.74) is 0.521. The van der Waals surface area contributed by atoms with Gasteiger partial charge in [0.1, 0.15) is 4.88 Å². The van der Waals surface area contributed by atoms with Gasteiger partial charge in [-0.25, -0.2) is 8.42 Å². The van der Waals surface area contributed by atoms with Gasteiger partial charge in [0.05, 0.1) is 9.92 Å². The molecule has 8 heteroatoms. The van der Waals surface area contributed by atoms with Gasteiger partial charge in [0.25, 0.3) is 5.91 Å². The maximum absolute atomic E-state index is 13.0. The van der Waals surface area contributed by atoms with E-state index in [9.17, 15) is 13.2 Å². The lowest BCUT2D eigenvalue weighted by Crippen LogP contribution is -2.42. The number of amides is 1. The summed E-state index contributed by atoms with van der Waals surface area (Å²) in [6, 6.07) is 13.9. The molecule has 0 radical (unpaired) electrons. The Morgan fingerprint density at radius 1 is 1.07 bits per heavy atom. The minimum Gasteiger partial charge on any atom is -0.321 e. The molecule has 1 amide bonds. The molecule has 0 bridgehead atoms. The summed E-state index contributed by atoms with van der Waals surface area (Å²) in [7, 11) is -3.55. The minimum atomic E-state index is -3.55. The van der Waals surface area contributed by atoms with Gasteiger partial charge in [-0.1, -0.05) is 43.6 Å². The van der Waals surface area contributed by atoms with Crippen LogP contribution in [-0.2, 0) is 10.0 Å². The Kier molecular flexibility index (Phi) is 5.90. The number of carbonyl (C=O) groups excluding carboxylic acids is 1. The van der Waals surface area contributed by atoms with Crippen LogP contribution in [0.25, 0.3) is 10.1 Å². The molecule has 1 fully saturated rings. The van der Waals surface area contributed by atoms with Crippen LogP contribution in [0.4, 0.5) is 5.69 Å². The van der Waals surface area contributed by atoms with Crippen LogP contribution in [0, 0.1) is 11.8 Å². The summed E-state index contributed by atoms with van der Waals surface area (Å²) < 4.78 is 28.5. The van der Waals surface area contributed by atoms with Crippen molar-refractivity contribution in [1.82, 2.24) is 4.31 Å². The van der Waals surface area contributed by atoms with Crippen molar-refractivity contribution in [1.29, 1.82) is 0 Å². The molecule has 1 N–H and O–H groups in total. The topological polar surface area (TPSA) is 66.5 Å². The zero-order valence-corrected chi connectivity index (χ0v) is 19.2. The van der Waals surface area contributed by atoms with Crippen LogP contribution < -0.4 is 5.32 Å². The van der Waals surface area contributed by atoms with E-state index in [0.717, 1.165) is 16.5 Å². The predicted octanol–water partition coefficient (Wildman–Crippen LogP) is 5.47. The van der Waals surface area contributed by atoms with Crippen molar-refractivity contribution in [3.8, 4) is 0 Å². The van der Waals surface area contributed by atoms with Gasteiger partial charge >= 0.3 is 0 Å². The molecule has 5 nitrogen and oxygen atoms in total. The molecule has 0 saturated carbocycles. The second-order valence-electron chi connectivity index (χ2n) is 7.99. The molecule has 1 saturated heterocycles. The quantitative estimate of drug-likeness (QED) is 0.558. The summed E-state index contributed by atoms with van der Waals surface area (Å²) in [4.78, 5) is 13.4. The van der Waals surface area contributed by atoms with Gasteiger partial charge in [-0.2, -0.15) is 4.31 Å². The zero-order valence-electron chi connectivity index (χ0n) is 16.8. The van der Waals surface area contributed by atoms with Gasteiger partial charge in [-0.15, -0.1) is 11.3 Å². The zero-order chi connectivity index (χ0) is 21.5. The number of nitrogens with one attached hydrogen (secondary N) is 1. The third-order valence-corrected chi connectivity index (χ3v) is 8.85. The number of carbonyl (C=O) groups is 1. The van der Waals surface area contributed by atoms with Crippen molar-refractivity contribution in [2.75, 3.05) is 18.4 Å². The highest BCUT2D eigenvalue weighted by Gasteiger charge is 2.31. The van der Waals surface area contributed by atoms with Crippen molar-refractivity contribution in [2.24, 2.45) is 11.8 Å². The summed E-state index contributed by atoms with van der Waals surface area (Å²) in [6.45, 7) is 5.23. The predicted molar refractivity (Wildman–Crippen MR) is 123 cm³/mol. The second kappa shape index (κ2) is 8.30. The van der Waals surface area contributed by atoms with Crippen LogP contribution in [0.1, 0.15) is 29.9 Å². The molecule has 0 aliphatic carbocycles. The molecule has 1 aliphatic rings. The van der Waals surface area contributed by atoms with Gasteiger partial charge in [0, 0.05) is 28.9 Å². The fraction of sp³-hybridized carbons (Fsp3) is 0.318. The monoisotopic (exact) mass is 462 g/mol. The van der Waals surface area contributed by atoms with E-state index < -0.39 is 10.0 Å². The smallest absolute Gasteiger partial charge is 0.267 e. The minimum absolute atomic E-state index is 0.238. The number of thiophene rings is 1. The number of nitrogens with zero attached hydrogens (tertiary/aromatic N) is 1. The molecular formula is C22H23ClN2O3S2. The highest BCUT2D eigenvalue weighted by atomic mass is 35.5. The number of benzene rings is 2. The van der Waals surface area contributed by atoms with E-state index in [4.69, 9.17) is 11.6 Å². The first kappa shape index (κ1) is 21.3. The van der Waals surface area contributed by atoms with E-state index in [-0.39, 0.29) is 10.8 Å². The van der Waals surface area contributed by atoms with Crippen molar-refractivity contribution < 1.29 is 13.2 Å². The van der Waals surface area contributed by atoms with Crippen LogP contribution in [0.3, 0.4) is 0 Å². The van der Waals surface area contributed by atoms with Crippen molar-refractivity contribution in [3.63, 3.8) is 0 Å². The first-order valence-electron chi connectivity index (χ1n) is 9.84. The Morgan fingerprint density at radius 2 is 1.70 bits per heavy atom. The average molecular weight is 463 g/mol. The number of sulfonamides is 1. The fourth-order valence-electron chi connectivity index (χ4n) is 4.01. The van der Waals surface area contributed by atoms with Crippen LogP contribution in [0.2, 0.25) is 5.02 Å². The largest absolute Gasteiger partial charge is 0.321 e. The standard InChI is InChI=1S/C22H23ClN2O3S2/c1-14-11-15(2)13-25(12-14)30(27,28)17-9-7-16(8-10-17)24-22(26)21-20(23)18-5-3-4-6-19(18)29-21/h3-10,14-15H,11-13H2,1-2H3,(H,24,26)/t14-,15-/m0/s1. The van der Waals surface area contributed by atoms with E-state index >= 15 is 0 Å². The molecule has 0 spiro atoms. The van der Waals surface area contributed by atoms with Gasteiger partial charge in [-0.3, -0.25) is 4.79 Å². The van der Waals surface area contributed by atoms with Crippen molar-refractivity contribution in [3.05, 3.63) is 58.4 Å². The lowest BCUT2D eigenvalue weighted by molar-refractivity contribution is 0.103. The van der Waals surface area contributed by atoms with Crippen LogP contribution in [0.5, 0.6) is 0 Å². The van der Waals surface area contributed by atoms with E-state index in [1.54, 1.807) is 28.6 Å². The number of rotatable bonds is 4. The SMILES string of the molecule is C[C@H]1C[C@H](C)CN(S(=O)(=O)c2ccc(NC(=O)c3sc4ccccc4c3Cl)cc2)C1. The molecule has 158 valence electrons. The Hall–Kier alpha value is -1.93. The number of fused-ring (bicyclic) bond motifs is 1. The van der Waals surface area contributed by atoms with Gasteiger partial charge in [-0.05, 0) is 48.6 Å². The number of halogens is 1. The van der Waals surface area contributed by atoms with Crippen LogP contribution in [-0.4, -0.2) is 31.7 Å². The summed E-state index contributed by atoms with van der Waals surface area (Å²) in [5, 5.41) is 4.09. The van der Waals surface area contributed by atoms with E-state index in [1.807, 2.05) is 24.3 Å². The Morgan fingerprint density at radius 3 is 2.33 bits per heavy atom. The molecule has 30 heavy (non-hydrogen) atoms. The van der Waals surface area contributed by atoms with E-state index in [1.165, 1.54) is 11.3 Å². The van der Waals surface area contributed by atoms with Crippen molar-refractivity contribution >= 4 is 54.6 Å². The molecule has 0 unspecified atom stereocenters. The van der Waals surface area contributed by atoms with E-state index in [2.05, 4.69) is 19.2 Å². The average Bonchev–Trinajstić information content (AvgIpc) is 3.05. The number of hydrogen-bond acceptors (Lipinski definition) is 4. The van der Waals surface area contributed by atoms with Gasteiger partial charge in [0.15, 0.2) is 0 Å². The molecule has 2 heterocycles. The highest BCUT2D eigenvalue weighted by Crippen LogP contribution is 2.35. The maximum Gasteiger partial charge on any atom is 0.267 e. The third kappa shape index (κ3) is 4.12.